The molecular formula is C15H21N. The maximum Gasteiger partial charge on any atom is 0.0170 e. The highest BCUT2D eigenvalue weighted by Gasteiger charge is 2.27. The molecule has 0 saturated heterocycles. The summed E-state index contributed by atoms with van der Waals surface area (Å²) in [5, 5.41) is 3.60. The highest BCUT2D eigenvalue weighted by atomic mass is 14.9. The molecule has 0 aromatic heterocycles. The van der Waals surface area contributed by atoms with Crippen LogP contribution in [-0.4, -0.2) is 12.6 Å². The van der Waals surface area contributed by atoms with Crippen molar-refractivity contribution in [2.75, 3.05) is 6.54 Å². The lowest BCUT2D eigenvalue weighted by Gasteiger charge is -2.24. The molecule has 0 heterocycles. The molecule has 2 unspecified atom stereocenters. The van der Waals surface area contributed by atoms with Gasteiger partial charge in [-0.3, -0.25) is 0 Å². The summed E-state index contributed by atoms with van der Waals surface area (Å²) in [5.41, 5.74) is 3.09. The molecule has 1 aromatic rings. The van der Waals surface area contributed by atoms with Crippen LogP contribution in [0, 0.1) is 0 Å². The Labute approximate surface area is 98.6 Å². The third kappa shape index (κ3) is 2.19. The molecular weight excluding hydrogens is 194 g/mol. The molecule has 0 aliphatic heterocycles. The fourth-order valence-corrected chi connectivity index (χ4v) is 2.84. The summed E-state index contributed by atoms with van der Waals surface area (Å²) in [5.74, 6) is 0.675. The maximum atomic E-state index is 3.87. The Morgan fingerprint density at radius 3 is 3.06 bits per heavy atom. The van der Waals surface area contributed by atoms with E-state index in [1.165, 1.54) is 12.8 Å². The summed E-state index contributed by atoms with van der Waals surface area (Å²) in [6.07, 6.45) is 5.62. The first kappa shape index (κ1) is 11.4. The molecule has 0 saturated carbocycles. The summed E-state index contributed by atoms with van der Waals surface area (Å²) < 4.78 is 0. The molecule has 86 valence electrons. The van der Waals surface area contributed by atoms with Crippen molar-refractivity contribution < 1.29 is 0 Å². The van der Waals surface area contributed by atoms with E-state index in [1.54, 1.807) is 11.1 Å². The summed E-state index contributed by atoms with van der Waals surface area (Å²) in [6.45, 7) is 7.09. The average molecular weight is 215 g/mol. The van der Waals surface area contributed by atoms with E-state index < -0.39 is 0 Å². The van der Waals surface area contributed by atoms with Crippen LogP contribution in [0.15, 0.2) is 36.9 Å². The first-order valence-corrected chi connectivity index (χ1v) is 6.29. The smallest absolute Gasteiger partial charge is 0.0170 e. The van der Waals surface area contributed by atoms with Gasteiger partial charge in [-0.25, -0.2) is 0 Å². The second-order valence-corrected chi connectivity index (χ2v) is 4.53. The van der Waals surface area contributed by atoms with Crippen molar-refractivity contribution in [2.45, 2.75) is 38.1 Å². The van der Waals surface area contributed by atoms with Gasteiger partial charge in [-0.1, -0.05) is 37.3 Å². The van der Waals surface area contributed by atoms with Crippen molar-refractivity contribution in [3.63, 3.8) is 0 Å². The van der Waals surface area contributed by atoms with E-state index >= 15 is 0 Å². The zero-order chi connectivity index (χ0) is 11.4. The van der Waals surface area contributed by atoms with Crippen molar-refractivity contribution in [2.24, 2.45) is 0 Å². The van der Waals surface area contributed by atoms with E-state index in [4.69, 9.17) is 0 Å². The standard InChI is InChI=1S/C15H21N/c1-3-7-15(16-4-2)14-11-10-12-8-5-6-9-13(12)14/h3,5-6,8-9,14-16H,1,4,7,10-11H2,2H3. The van der Waals surface area contributed by atoms with Crippen LogP contribution in [-0.2, 0) is 6.42 Å². The van der Waals surface area contributed by atoms with Gasteiger partial charge >= 0.3 is 0 Å². The van der Waals surface area contributed by atoms with Gasteiger partial charge in [-0.15, -0.1) is 6.58 Å². The van der Waals surface area contributed by atoms with Gasteiger partial charge in [0.1, 0.15) is 0 Å². The highest BCUT2D eigenvalue weighted by Crippen LogP contribution is 2.36. The number of likely N-dealkylation sites (N-methyl/N-ethyl adjacent to an activating group) is 1. The normalized spacial score (nSPS) is 20.4. The summed E-state index contributed by atoms with van der Waals surface area (Å²) in [6, 6.07) is 9.43. The minimum absolute atomic E-state index is 0.561. The molecule has 1 aliphatic carbocycles. The van der Waals surface area contributed by atoms with Gasteiger partial charge in [0, 0.05) is 12.0 Å². The van der Waals surface area contributed by atoms with E-state index in [-0.39, 0.29) is 0 Å². The Bertz CT molecular complexity index is 356. The van der Waals surface area contributed by atoms with E-state index in [2.05, 4.69) is 43.1 Å². The second-order valence-electron chi connectivity index (χ2n) is 4.53. The number of fused-ring (bicyclic) bond motifs is 1. The highest BCUT2D eigenvalue weighted by molar-refractivity contribution is 5.36. The molecule has 2 rings (SSSR count). The molecule has 1 N–H and O–H groups in total. The molecule has 0 amide bonds. The Morgan fingerprint density at radius 2 is 2.31 bits per heavy atom. The number of hydrogen-bond donors (Lipinski definition) is 1. The Balaban J connectivity index is 2.18. The lowest BCUT2D eigenvalue weighted by molar-refractivity contribution is 0.441. The topological polar surface area (TPSA) is 12.0 Å². The van der Waals surface area contributed by atoms with Gasteiger partial charge in [0.15, 0.2) is 0 Å². The van der Waals surface area contributed by atoms with Crippen LogP contribution < -0.4 is 5.32 Å². The van der Waals surface area contributed by atoms with Gasteiger partial charge in [-0.05, 0) is 36.9 Å². The summed E-state index contributed by atoms with van der Waals surface area (Å²) in [4.78, 5) is 0. The zero-order valence-corrected chi connectivity index (χ0v) is 10.1. The van der Waals surface area contributed by atoms with Gasteiger partial charge in [0.2, 0.25) is 0 Å². The van der Waals surface area contributed by atoms with Gasteiger partial charge in [0.25, 0.3) is 0 Å². The Hall–Kier alpha value is -1.08. The van der Waals surface area contributed by atoms with E-state index in [9.17, 15) is 0 Å². The van der Waals surface area contributed by atoms with E-state index in [1.807, 2.05) is 6.08 Å². The Morgan fingerprint density at radius 1 is 1.50 bits per heavy atom. The van der Waals surface area contributed by atoms with Crippen molar-refractivity contribution in [3.8, 4) is 0 Å². The maximum absolute atomic E-state index is 3.87. The van der Waals surface area contributed by atoms with Gasteiger partial charge < -0.3 is 5.32 Å². The summed E-state index contributed by atoms with van der Waals surface area (Å²) in [7, 11) is 0. The number of rotatable bonds is 5. The molecule has 0 spiro atoms. The molecule has 0 radical (unpaired) electrons. The third-order valence-electron chi connectivity index (χ3n) is 3.55. The van der Waals surface area contributed by atoms with Gasteiger partial charge in [0.05, 0.1) is 0 Å². The largest absolute Gasteiger partial charge is 0.313 e. The number of hydrogen-bond acceptors (Lipinski definition) is 1. The van der Waals surface area contributed by atoms with E-state index in [0.29, 0.717) is 12.0 Å². The third-order valence-corrected chi connectivity index (χ3v) is 3.55. The number of benzene rings is 1. The molecule has 2 atom stereocenters. The molecule has 0 fully saturated rings. The Kier molecular flexibility index (Phi) is 3.79. The predicted octanol–water partition coefficient (Wildman–Crippen LogP) is 3.27. The fourth-order valence-electron chi connectivity index (χ4n) is 2.84. The minimum atomic E-state index is 0.561. The fraction of sp³-hybridized carbons (Fsp3) is 0.467. The van der Waals surface area contributed by atoms with Crippen LogP contribution in [0.3, 0.4) is 0 Å². The first-order valence-electron chi connectivity index (χ1n) is 6.29. The van der Waals surface area contributed by atoms with Crippen LogP contribution in [0.25, 0.3) is 0 Å². The van der Waals surface area contributed by atoms with Crippen molar-refractivity contribution in [3.05, 3.63) is 48.0 Å². The number of aryl methyl sites for hydroxylation is 1. The first-order chi connectivity index (χ1) is 7.86. The van der Waals surface area contributed by atoms with Crippen molar-refractivity contribution >= 4 is 0 Å². The van der Waals surface area contributed by atoms with Crippen molar-refractivity contribution in [1.82, 2.24) is 5.32 Å². The van der Waals surface area contributed by atoms with Crippen LogP contribution in [0.5, 0.6) is 0 Å². The lowest BCUT2D eigenvalue weighted by Crippen LogP contribution is -2.33. The average Bonchev–Trinajstić information content (AvgIpc) is 2.72. The second kappa shape index (κ2) is 5.31. The van der Waals surface area contributed by atoms with Gasteiger partial charge in [-0.2, -0.15) is 0 Å². The quantitative estimate of drug-likeness (QED) is 0.743. The zero-order valence-electron chi connectivity index (χ0n) is 10.1. The molecule has 1 aliphatic rings. The SMILES string of the molecule is C=CCC(NCC)C1CCc2ccccc21. The monoisotopic (exact) mass is 215 g/mol. The summed E-state index contributed by atoms with van der Waals surface area (Å²) >= 11 is 0. The molecule has 1 aromatic carbocycles. The molecule has 1 heteroatoms. The van der Waals surface area contributed by atoms with Crippen LogP contribution in [0.2, 0.25) is 0 Å². The minimum Gasteiger partial charge on any atom is -0.313 e. The molecule has 16 heavy (non-hydrogen) atoms. The van der Waals surface area contributed by atoms with Crippen LogP contribution in [0.1, 0.15) is 36.8 Å². The van der Waals surface area contributed by atoms with Crippen LogP contribution in [0.4, 0.5) is 0 Å². The van der Waals surface area contributed by atoms with Crippen LogP contribution >= 0.6 is 0 Å². The van der Waals surface area contributed by atoms with E-state index in [0.717, 1.165) is 13.0 Å². The van der Waals surface area contributed by atoms with Crippen molar-refractivity contribution in [1.29, 1.82) is 0 Å². The predicted molar refractivity (Wildman–Crippen MR) is 69.8 cm³/mol. The molecule has 1 nitrogen and oxygen atoms in total. The lowest BCUT2D eigenvalue weighted by atomic mass is 9.91. The number of nitrogens with one attached hydrogen (secondary N) is 1. The molecule has 0 bridgehead atoms.